The van der Waals surface area contributed by atoms with E-state index in [1.165, 1.54) is 24.3 Å². The van der Waals surface area contributed by atoms with Crippen LogP contribution < -0.4 is 5.32 Å². The maximum atomic E-state index is 12.7. The number of hydrogen-bond acceptors (Lipinski definition) is 2. The van der Waals surface area contributed by atoms with Crippen LogP contribution in [0.4, 0.5) is 4.39 Å². The number of carbonyl (C=O) groups excluding carboxylic acids is 1. The average molecular weight is 237 g/mol. The lowest BCUT2D eigenvalue weighted by molar-refractivity contribution is 0.0712. The smallest absolute Gasteiger partial charge is 0.251 e. The standard InChI is InChI=1S/C13H16FNO2/c1-9(12-3-2-8-17-12)15-13(16)10-4-6-11(14)7-5-10/h4-7,9,12H,2-3,8H2,1H3,(H,15,16)/t9-,12+/m0/s1. The first-order chi connectivity index (χ1) is 8.16. The molecular weight excluding hydrogens is 221 g/mol. The van der Waals surface area contributed by atoms with Crippen LogP contribution in [0.1, 0.15) is 30.1 Å². The molecule has 92 valence electrons. The molecule has 0 radical (unpaired) electrons. The lowest BCUT2D eigenvalue weighted by atomic mass is 10.1. The van der Waals surface area contributed by atoms with Crippen molar-refractivity contribution >= 4 is 5.91 Å². The first-order valence-corrected chi connectivity index (χ1v) is 5.85. The lowest BCUT2D eigenvalue weighted by Crippen LogP contribution is -2.40. The van der Waals surface area contributed by atoms with Crippen LogP contribution in [0.3, 0.4) is 0 Å². The van der Waals surface area contributed by atoms with Gasteiger partial charge in [-0.05, 0) is 44.0 Å². The van der Waals surface area contributed by atoms with Crippen molar-refractivity contribution in [2.24, 2.45) is 0 Å². The van der Waals surface area contributed by atoms with Crippen molar-refractivity contribution in [3.8, 4) is 0 Å². The van der Waals surface area contributed by atoms with Gasteiger partial charge in [0, 0.05) is 12.2 Å². The summed E-state index contributed by atoms with van der Waals surface area (Å²) in [6.45, 7) is 2.69. The number of carbonyl (C=O) groups is 1. The van der Waals surface area contributed by atoms with E-state index in [9.17, 15) is 9.18 Å². The Morgan fingerprint density at radius 2 is 2.18 bits per heavy atom. The van der Waals surface area contributed by atoms with E-state index in [1.807, 2.05) is 6.92 Å². The predicted molar refractivity (Wildman–Crippen MR) is 62.3 cm³/mol. The molecule has 1 aromatic carbocycles. The molecule has 0 saturated carbocycles. The molecule has 3 nitrogen and oxygen atoms in total. The quantitative estimate of drug-likeness (QED) is 0.874. The van der Waals surface area contributed by atoms with Crippen LogP contribution in [0, 0.1) is 5.82 Å². The second kappa shape index (κ2) is 5.27. The van der Waals surface area contributed by atoms with Gasteiger partial charge in [0.25, 0.3) is 5.91 Å². The van der Waals surface area contributed by atoms with Crippen LogP contribution in [0.5, 0.6) is 0 Å². The van der Waals surface area contributed by atoms with Crippen LogP contribution in [0.15, 0.2) is 24.3 Å². The zero-order chi connectivity index (χ0) is 12.3. The Morgan fingerprint density at radius 3 is 2.76 bits per heavy atom. The Bertz CT molecular complexity index is 385. The van der Waals surface area contributed by atoms with Gasteiger partial charge in [0.05, 0.1) is 12.1 Å². The third-order valence-electron chi connectivity index (χ3n) is 2.99. The van der Waals surface area contributed by atoms with Crippen LogP contribution in [-0.4, -0.2) is 24.7 Å². The van der Waals surface area contributed by atoms with E-state index in [1.54, 1.807) is 0 Å². The molecule has 1 aromatic rings. The van der Waals surface area contributed by atoms with Gasteiger partial charge < -0.3 is 10.1 Å². The van der Waals surface area contributed by atoms with Gasteiger partial charge in [0.1, 0.15) is 5.82 Å². The fourth-order valence-electron chi connectivity index (χ4n) is 1.98. The third kappa shape index (κ3) is 3.03. The number of halogens is 1. The zero-order valence-corrected chi connectivity index (χ0v) is 9.78. The monoisotopic (exact) mass is 237 g/mol. The van der Waals surface area contributed by atoms with Crippen LogP contribution in [0.2, 0.25) is 0 Å². The number of amides is 1. The van der Waals surface area contributed by atoms with E-state index < -0.39 is 0 Å². The number of nitrogens with one attached hydrogen (secondary N) is 1. The minimum absolute atomic E-state index is 0.0185. The largest absolute Gasteiger partial charge is 0.376 e. The number of ether oxygens (including phenoxy) is 1. The predicted octanol–water partition coefficient (Wildman–Crippen LogP) is 2.12. The summed E-state index contributed by atoms with van der Waals surface area (Å²) < 4.78 is 18.2. The van der Waals surface area contributed by atoms with Crippen molar-refractivity contribution in [1.29, 1.82) is 0 Å². The van der Waals surface area contributed by atoms with E-state index in [4.69, 9.17) is 4.74 Å². The van der Waals surface area contributed by atoms with Crippen molar-refractivity contribution in [2.75, 3.05) is 6.61 Å². The van der Waals surface area contributed by atoms with Crippen molar-refractivity contribution in [2.45, 2.75) is 31.9 Å². The molecule has 17 heavy (non-hydrogen) atoms. The van der Waals surface area contributed by atoms with Gasteiger partial charge in [-0.3, -0.25) is 4.79 Å². The highest BCUT2D eigenvalue weighted by Crippen LogP contribution is 2.15. The molecule has 1 fully saturated rings. The second-order valence-corrected chi connectivity index (χ2v) is 4.32. The first kappa shape index (κ1) is 12.0. The minimum atomic E-state index is -0.339. The minimum Gasteiger partial charge on any atom is -0.376 e. The number of rotatable bonds is 3. The van der Waals surface area contributed by atoms with Gasteiger partial charge in [-0.15, -0.1) is 0 Å². The molecule has 2 rings (SSSR count). The van der Waals surface area contributed by atoms with Gasteiger partial charge in [-0.2, -0.15) is 0 Å². The summed E-state index contributed by atoms with van der Waals surface area (Å²) in [5, 5.41) is 2.87. The molecule has 2 atom stereocenters. The maximum Gasteiger partial charge on any atom is 0.251 e. The third-order valence-corrected chi connectivity index (χ3v) is 2.99. The Kier molecular flexibility index (Phi) is 3.74. The van der Waals surface area contributed by atoms with Crippen molar-refractivity contribution in [3.63, 3.8) is 0 Å². The maximum absolute atomic E-state index is 12.7. The topological polar surface area (TPSA) is 38.3 Å². The molecule has 0 aliphatic carbocycles. The summed E-state index contributed by atoms with van der Waals surface area (Å²) in [6.07, 6.45) is 2.12. The SMILES string of the molecule is C[C@H](NC(=O)c1ccc(F)cc1)[C@H]1CCCO1. The second-order valence-electron chi connectivity index (χ2n) is 4.32. The summed E-state index contributed by atoms with van der Waals surface area (Å²) >= 11 is 0. The van der Waals surface area contributed by atoms with Gasteiger partial charge in [0.2, 0.25) is 0 Å². The fraction of sp³-hybridized carbons (Fsp3) is 0.462. The van der Waals surface area contributed by atoms with Crippen LogP contribution in [0.25, 0.3) is 0 Å². The number of hydrogen-bond donors (Lipinski definition) is 1. The highest BCUT2D eigenvalue weighted by atomic mass is 19.1. The normalized spacial score (nSPS) is 21.2. The Balaban J connectivity index is 1.94. The highest BCUT2D eigenvalue weighted by molar-refractivity contribution is 5.94. The molecule has 1 aliphatic rings. The molecule has 4 heteroatoms. The number of benzene rings is 1. The van der Waals surface area contributed by atoms with Crippen molar-refractivity contribution in [3.05, 3.63) is 35.6 Å². The Hall–Kier alpha value is -1.42. The van der Waals surface area contributed by atoms with Gasteiger partial charge in [0.15, 0.2) is 0 Å². The molecule has 1 N–H and O–H groups in total. The molecule has 1 heterocycles. The zero-order valence-electron chi connectivity index (χ0n) is 9.78. The van der Waals surface area contributed by atoms with Gasteiger partial charge in [-0.1, -0.05) is 0 Å². The fourth-order valence-corrected chi connectivity index (χ4v) is 1.98. The molecule has 1 amide bonds. The van der Waals surface area contributed by atoms with E-state index in [2.05, 4.69) is 5.32 Å². The van der Waals surface area contributed by atoms with E-state index in [-0.39, 0.29) is 23.9 Å². The van der Waals surface area contributed by atoms with Crippen LogP contribution >= 0.6 is 0 Å². The summed E-state index contributed by atoms with van der Waals surface area (Å²) in [7, 11) is 0. The van der Waals surface area contributed by atoms with Gasteiger partial charge in [-0.25, -0.2) is 4.39 Å². The molecule has 0 unspecified atom stereocenters. The lowest BCUT2D eigenvalue weighted by Gasteiger charge is -2.19. The molecule has 0 aromatic heterocycles. The average Bonchev–Trinajstić information content (AvgIpc) is 2.83. The molecule has 0 spiro atoms. The highest BCUT2D eigenvalue weighted by Gasteiger charge is 2.23. The Labute approximate surface area is 100.0 Å². The van der Waals surface area contributed by atoms with Crippen molar-refractivity contribution < 1.29 is 13.9 Å². The molecule has 1 saturated heterocycles. The molecule has 1 aliphatic heterocycles. The summed E-state index contributed by atoms with van der Waals surface area (Å²) in [5.41, 5.74) is 0.469. The summed E-state index contributed by atoms with van der Waals surface area (Å²) in [4.78, 5) is 11.8. The summed E-state index contributed by atoms with van der Waals surface area (Å²) in [6, 6.07) is 5.51. The van der Waals surface area contributed by atoms with E-state index in [0.29, 0.717) is 5.56 Å². The van der Waals surface area contributed by atoms with Crippen molar-refractivity contribution in [1.82, 2.24) is 5.32 Å². The Morgan fingerprint density at radius 1 is 1.47 bits per heavy atom. The molecule has 0 bridgehead atoms. The van der Waals surface area contributed by atoms with Crippen LogP contribution in [-0.2, 0) is 4.74 Å². The van der Waals surface area contributed by atoms with E-state index in [0.717, 1.165) is 19.4 Å². The van der Waals surface area contributed by atoms with Gasteiger partial charge >= 0.3 is 0 Å². The summed E-state index contributed by atoms with van der Waals surface area (Å²) in [5.74, 6) is -0.526. The first-order valence-electron chi connectivity index (χ1n) is 5.85. The van der Waals surface area contributed by atoms with E-state index >= 15 is 0 Å². The molecular formula is C13H16FNO2.